The zero-order valence-corrected chi connectivity index (χ0v) is 21.3. The maximum Gasteiger partial charge on any atom is 0.248 e. The second-order valence-electron chi connectivity index (χ2n) is 9.77. The third-order valence-electron chi connectivity index (χ3n) is 6.47. The first-order chi connectivity index (χ1) is 16.3. The van der Waals surface area contributed by atoms with Crippen LogP contribution in [-0.4, -0.2) is 42.9 Å². The predicted molar refractivity (Wildman–Crippen MR) is 133 cm³/mol. The van der Waals surface area contributed by atoms with Crippen LogP contribution in [-0.2, 0) is 22.0 Å². The first-order valence-electron chi connectivity index (χ1n) is 11.4. The number of nitrogens with one attached hydrogen (secondary N) is 1. The van der Waals surface area contributed by atoms with Crippen molar-refractivity contribution in [2.24, 2.45) is 17.6 Å². The lowest BCUT2D eigenvalue weighted by molar-refractivity contribution is 0.355. The maximum atomic E-state index is 13.3. The number of nitrogens with zero attached hydrogens (tertiary/aromatic N) is 4. The molecule has 11 heteroatoms. The van der Waals surface area contributed by atoms with E-state index in [-0.39, 0.29) is 29.5 Å². The molecule has 4 atom stereocenters. The predicted octanol–water partition coefficient (Wildman–Crippen LogP) is 3.54. The van der Waals surface area contributed by atoms with Crippen LogP contribution in [0.1, 0.15) is 38.6 Å². The van der Waals surface area contributed by atoms with Gasteiger partial charge in [0.2, 0.25) is 21.8 Å². The molecule has 1 aromatic carbocycles. The molecule has 9 nitrogen and oxygen atoms in total. The average molecular weight is 503 g/mol. The van der Waals surface area contributed by atoms with Gasteiger partial charge in [0.15, 0.2) is 0 Å². The molecule has 4 rings (SSSR count). The SMILES string of the molecule is CC1CC1C(C)Nc1cc(-c2nnc(C(C)(N)Cc3ccc(F)cc3)o2)cc(N(C)S(C)(=O)=O)n1. The van der Waals surface area contributed by atoms with Crippen LogP contribution in [0.25, 0.3) is 11.5 Å². The summed E-state index contributed by atoms with van der Waals surface area (Å²) in [6, 6.07) is 9.58. The number of anilines is 2. The van der Waals surface area contributed by atoms with Crippen molar-refractivity contribution in [2.75, 3.05) is 22.9 Å². The molecular formula is C24H31FN6O3S. The number of hydrogen-bond acceptors (Lipinski definition) is 8. The lowest BCUT2D eigenvalue weighted by Crippen LogP contribution is -2.35. The van der Waals surface area contributed by atoms with Crippen LogP contribution >= 0.6 is 0 Å². The normalized spacial score (nSPS) is 20.2. The van der Waals surface area contributed by atoms with Gasteiger partial charge >= 0.3 is 0 Å². The smallest absolute Gasteiger partial charge is 0.248 e. The first kappa shape index (κ1) is 25.1. The van der Waals surface area contributed by atoms with Gasteiger partial charge in [0.05, 0.1) is 11.8 Å². The van der Waals surface area contributed by atoms with E-state index >= 15 is 0 Å². The van der Waals surface area contributed by atoms with Crippen molar-refractivity contribution in [1.82, 2.24) is 15.2 Å². The molecule has 0 aliphatic heterocycles. The Morgan fingerprint density at radius 2 is 1.94 bits per heavy atom. The third kappa shape index (κ3) is 5.79. The lowest BCUT2D eigenvalue weighted by Gasteiger charge is -2.20. The highest BCUT2D eigenvalue weighted by molar-refractivity contribution is 7.92. The Hall–Kier alpha value is -3.05. The summed E-state index contributed by atoms with van der Waals surface area (Å²) < 4.78 is 44.7. The Morgan fingerprint density at radius 1 is 1.29 bits per heavy atom. The Bertz CT molecular complexity index is 1310. The molecule has 0 radical (unpaired) electrons. The summed E-state index contributed by atoms with van der Waals surface area (Å²) >= 11 is 0. The second kappa shape index (κ2) is 9.19. The summed E-state index contributed by atoms with van der Waals surface area (Å²) in [7, 11) is -2.10. The van der Waals surface area contributed by atoms with Gasteiger partial charge in [-0.3, -0.25) is 4.31 Å². The van der Waals surface area contributed by atoms with Crippen molar-refractivity contribution in [1.29, 1.82) is 0 Å². The van der Waals surface area contributed by atoms with Crippen LogP contribution in [0.3, 0.4) is 0 Å². The summed E-state index contributed by atoms with van der Waals surface area (Å²) in [5.74, 6) is 2.00. The van der Waals surface area contributed by atoms with E-state index in [1.54, 1.807) is 31.2 Å². The minimum absolute atomic E-state index is 0.172. The molecule has 0 bridgehead atoms. The summed E-state index contributed by atoms with van der Waals surface area (Å²) in [6.45, 7) is 6.04. The highest BCUT2D eigenvalue weighted by Gasteiger charge is 2.37. The second-order valence-corrected chi connectivity index (χ2v) is 11.8. The van der Waals surface area contributed by atoms with Crippen LogP contribution < -0.4 is 15.4 Å². The van der Waals surface area contributed by atoms with E-state index in [0.717, 1.165) is 22.5 Å². The van der Waals surface area contributed by atoms with Crippen molar-refractivity contribution in [3.05, 3.63) is 53.7 Å². The minimum Gasteiger partial charge on any atom is -0.419 e. The Balaban J connectivity index is 1.65. The lowest BCUT2D eigenvalue weighted by atomic mass is 9.94. The van der Waals surface area contributed by atoms with Crippen LogP contribution in [0.5, 0.6) is 0 Å². The number of halogens is 1. The summed E-state index contributed by atoms with van der Waals surface area (Å²) in [5, 5.41) is 11.7. The van der Waals surface area contributed by atoms with Crippen molar-refractivity contribution < 1.29 is 17.2 Å². The number of aromatic nitrogens is 3. The van der Waals surface area contributed by atoms with Crippen molar-refractivity contribution in [2.45, 2.75) is 45.2 Å². The number of nitrogens with two attached hydrogens (primary N) is 1. The van der Waals surface area contributed by atoms with Crippen molar-refractivity contribution in [3.8, 4) is 11.5 Å². The van der Waals surface area contributed by atoms with Gasteiger partial charge in [-0.15, -0.1) is 10.2 Å². The van der Waals surface area contributed by atoms with Crippen molar-refractivity contribution in [3.63, 3.8) is 0 Å². The number of pyridine rings is 1. The quantitative estimate of drug-likeness (QED) is 0.455. The average Bonchev–Trinajstić information content (AvgIpc) is 3.30. The zero-order chi connectivity index (χ0) is 25.5. The molecule has 1 aliphatic rings. The molecule has 0 saturated heterocycles. The van der Waals surface area contributed by atoms with E-state index in [2.05, 4.69) is 34.3 Å². The largest absolute Gasteiger partial charge is 0.419 e. The molecule has 4 unspecified atom stereocenters. The number of hydrogen-bond donors (Lipinski definition) is 2. The molecule has 3 aromatic rings. The van der Waals surface area contributed by atoms with E-state index in [1.165, 1.54) is 19.2 Å². The van der Waals surface area contributed by atoms with E-state index < -0.39 is 15.6 Å². The van der Waals surface area contributed by atoms with Gasteiger partial charge in [0, 0.05) is 18.7 Å². The highest BCUT2D eigenvalue weighted by atomic mass is 32.2. The van der Waals surface area contributed by atoms with Gasteiger partial charge in [-0.05, 0) is 68.4 Å². The molecule has 3 N–H and O–H groups in total. The van der Waals surface area contributed by atoms with Crippen LogP contribution in [0.4, 0.5) is 16.0 Å². The molecule has 0 spiro atoms. The van der Waals surface area contributed by atoms with Gasteiger partial charge in [-0.1, -0.05) is 19.1 Å². The highest BCUT2D eigenvalue weighted by Crippen LogP contribution is 2.41. The van der Waals surface area contributed by atoms with Crippen LogP contribution in [0, 0.1) is 17.7 Å². The summed E-state index contributed by atoms with van der Waals surface area (Å²) in [5.41, 5.74) is 6.82. The Labute approximate surface area is 205 Å². The van der Waals surface area contributed by atoms with E-state index in [4.69, 9.17) is 10.2 Å². The van der Waals surface area contributed by atoms with Gasteiger partial charge < -0.3 is 15.5 Å². The molecule has 2 aromatic heterocycles. The molecule has 0 amide bonds. The molecule has 188 valence electrons. The fraction of sp³-hybridized carbons (Fsp3) is 0.458. The van der Waals surface area contributed by atoms with Gasteiger partial charge in [-0.25, -0.2) is 17.8 Å². The van der Waals surface area contributed by atoms with E-state index in [1.807, 2.05) is 0 Å². The fourth-order valence-electron chi connectivity index (χ4n) is 4.11. The van der Waals surface area contributed by atoms with E-state index in [0.29, 0.717) is 29.6 Å². The monoisotopic (exact) mass is 502 g/mol. The minimum atomic E-state index is -3.54. The van der Waals surface area contributed by atoms with Gasteiger partial charge in [0.25, 0.3) is 0 Å². The van der Waals surface area contributed by atoms with Crippen molar-refractivity contribution >= 4 is 21.7 Å². The van der Waals surface area contributed by atoms with Crippen LogP contribution in [0.15, 0.2) is 40.8 Å². The molecule has 1 fully saturated rings. The van der Waals surface area contributed by atoms with Gasteiger partial charge in [-0.2, -0.15) is 0 Å². The Morgan fingerprint density at radius 3 is 2.54 bits per heavy atom. The zero-order valence-electron chi connectivity index (χ0n) is 20.5. The molecular weight excluding hydrogens is 471 g/mol. The van der Waals surface area contributed by atoms with E-state index in [9.17, 15) is 12.8 Å². The third-order valence-corrected chi connectivity index (χ3v) is 7.65. The fourth-order valence-corrected chi connectivity index (χ4v) is 4.54. The molecule has 1 saturated carbocycles. The molecule has 1 aliphatic carbocycles. The Kier molecular flexibility index (Phi) is 6.58. The maximum absolute atomic E-state index is 13.3. The van der Waals surface area contributed by atoms with Gasteiger partial charge in [0.1, 0.15) is 17.5 Å². The molecule has 35 heavy (non-hydrogen) atoms. The standard InChI is InChI=1S/C24H31FN6O3S/c1-14-10-19(14)15(2)27-20-11-17(12-21(28-20)31(4)35(5,32)33)22-29-30-23(34-22)24(3,26)13-16-6-8-18(25)9-7-16/h6-9,11-12,14-15,19H,10,13,26H2,1-5H3,(H,27,28). The summed E-state index contributed by atoms with van der Waals surface area (Å²) in [6.07, 6.45) is 2.61. The molecule has 2 heterocycles. The first-order valence-corrected chi connectivity index (χ1v) is 13.3. The topological polar surface area (TPSA) is 127 Å². The number of benzene rings is 1. The number of rotatable bonds is 9. The number of sulfonamides is 1. The van der Waals surface area contributed by atoms with Crippen LogP contribution in [0.2, 0.25) is 0 Å². The summed E-state index contributed by atoms with van der Waals surface area (Å²) in [4.78, 5) is 4.51.